The topological polar surface area (TPSA) is 65.8 Å². The van der Waals surface area contributed by atoms with E-state index in [1.165, 1.54) is 17.3 Å². The normalized spacial score (nSPS) is 11.1. The second kappa shape index (κ2) is 8.53. The molecule has 4 aromatic rings. The highest BCUT2D eigenvalue weighted by molar-refractivity contribution is 7.99. The van der Waals surface area contributed by atoms with Crippen LogP contribution in [0, 0.1) is 13.8 Å². The first-order valence-corrected chi connectivity index (χ1v) is 10.4. The van der Waals surface area contributed by atoms with Crippen LogP contribution in [0.5, 0.6) is 0 Å². The fourth-order valence-electron chi connectivity index (χ4n) is 3.34. The molecule has 0 atom stereocenters. The fourth-order valence-corrected chi connectivity index (χ4v) is 4.13. The lowest BCUT2D eigenvalue weighted by molar-refractivity contribution is 0.102. The molecule has 0 aliphatic rings. The van der Waals surface area contributed by atoms with Gasteiger partial charge in [-0.25, -0.2) is 0 Å². The number of ketones is 1. The summed E-state index contributed by atoms with van der Waals surface area (Å²) in [6.07, 6.45) is 3.29. The molecule has 0 saturated carbocycles. The smallest absolute Gasteiger partial charge is 0.191 e. The Kier molecular flexibility index (Phi) is 5.67. The number of carbonyl (C=O) groups excluding carboxylic acids is 1. The van der Waals surface area contributed by atoms with Crippen molar-refractivity contribution in [3.05, 3.63) is 89.4 Å². The van der Waals surface area contributed by atoms with Gasteiger partial charge in [0.1, 0.15) is 12.1 Å². The van der Waals surface area contributed by atoms with Crippen molar-refractivity contribution < 1.29 is 9.21 Å². The SMILES string of the molecule is Cc1cc(C(=O)CSc2nncn2Cc2ccco2)c(C)n1Cc1ccccc1. The molecule has 0 amide bonds. The number of Topliss-reactive ketones (excluding diaryl/α,β-unsaturated/α-hetero) is 1. The predicted octanol–water partition coefficient (Wildman–Crippen LogP) is 4.36. The van der Waals surface area contributed by atoms with E-state index in [4.69, 9.17) is 4.42 Å². The zero-order chi connectivity index (χ0) is 20.2. The van der Waals surface area contributed by atoms with Gasteiger partial charge < -0.3 is 13.6 Å². The second-order valence-electron chi connectivity index (χ2n) is 6.89. The van der Waals surface area contributed by atoms with Crippen LogP contribution in [-0.2, 0) is 13.1 Å². The van der Waals surface area contributed by atoms with Gasteiger partial charge in [0.25, 0.3) is 0 Å². The molecule has 3 heterocycles. The summed E-state index contributed by atoms with van der Waals surface area (Å²) in [5, 5.41) is 8.81. The van der Waals surface area contributed by atoms with Crippen molar-refractivity contribution in [1.82, 2.24) is 19.3 Å². The molecule has 1 aromatic carbocycles. The Bertz CT molecular complexity index is 1100. The van der Waals surface area contributed by atoms with Crippen LogP contribution in [0.3, 0.4) is 0 Å². The van der Waals surface area contributed by atoms with E-state index >= 15 is 0 Å². The number of rotatable bonds is 8. The summed E-state index contributed by atoms with van der Waals surface area (Å²) in [6.45, 7) is 5.35. The number of aromatic nitrogens is 4. The third-order valence-corrected chi connectivity index (χ3v) is 5.86. The van der Waals surface area contributed by atoms with Gasteiger partial charge in [-0.3, -0.25) is 4.79 Å². The lowest BCUT2D eigenvalue weighted by Gasteiger charge is -2.10. The molecule has 0 spiro atoms. The van der Waals surface area contributed by atoms with E-state index in [0.717, 1.165) is 29.3 Å². The molecule has 29 heavy (non-hydrogen) atoms. The maximum Gasteiger partial charge on any atom is 0.191 e. The minimum absolute atomic E-state index is 0.0926. The zero-order valence-corrected chi connectivity index (χ0v) is 17.2. The van der Waals surface area contributed by atoms with Crippen LogP contribution in [0.4, 0.5) is 0 Å². The van der Waals surface area contributed by atoms with Crippen LogP contribution in [0.1, 0.15) is 33.1 Å². The summed E-state index contributed by atoms with van der Waals surface area (Å²) in [6, 6.07) is 16.0. The van der Waals surface area contributed by atoms with E-state index in [9.17, 15) is 4.79 Å². The van der Waals surface area contributed by atoms with Gasteiger partial charge in [-0.2, -0.15) is 0 Å². The van der Waals surface area contributed by atoms with Crippen molar-refractivity contribution in [3.63, 3.8) is 0 Å². The average molecular weight is 407 g/mol. The van der Waals surface area contributed by atoms with Gasteiger partial charge in [-0.05, 0) is 37.6 Å². The Labute approximate surface area is 173 Å². The van der Waals surface area contributed by atoms with Gasteiger partial charge in [0.2, 0.25) is 0 Å². The summed E-state index contributed by atoms with van der Waals surface area (Å²) in [7, 11) is 0. The molecular weight excluding hydrogens is 384 g/mol. The molecule has 7 heteroatoms. The van der Waals surface area contributed by atoms with E-state index in [2.05, 4.69) is 26.9 Å². The highest BCUT2D eigenvalue weighted by Gasteiger charge is 2.17. The molecule has 148 valence electrons. The number of nitrogens with zero attached hydrogens (tertiary/aromatic N) is 4. The number of furan rings is 1. The Morgan fingerprint density at radius 3 is 2.69 bits per heavy atom. The van der Waals surface area contributed by atoms with E-state index in [1.807, 2.05) is 54.8 Å². The minimum Gasteiger partial charge on any atom is -0.467 e. The number of thioether (sulfide) groups is 1. The quantitative estimate of drug-likeness (QED) is 0.321. The lowest BCUT2D eigenvalue weighted by atomic mass is 10.2. The van der Waals surface area contributed by atoms with Crippen molar-refractivity contribution in [2.45, 2.75) is 32.1 Å². The Hall–Kier alpha value is -3.06. The van der Waals surface area contributed by atoms with Crippen molar-refractivity contribution in [2.75, 3.05) is 5.75 Å². The monoisotopic (exact) mass is 406 g/mol. The standard InChI is InChI=1S/C22H22N4O2S/c1-16-11-20(17(2)26(16)12-18-7-4-3-5-8-18)21(27)14-29-22-24-23-15-25(22)13-19-9-6-10-28-19/h3-11,15H,12-14H2,1-2H3. The summed E-state index contributed by atoms with van der Waals surface area (Å²) >= 11 is 1.40. The first-order chi connectivity index (χ1) is 14.1. The largest absolute Gasteiger partial charge is 0.467 e. The number of carbonyl (C=O) groups is 1. The first-order valence-electron chi connectivity index (χ1n) is 9.38. The first kappa shape index (κ1) is 19.3. The van der Waals surface area contributed by atoms with E-state index in [1.54, 1.807) is 12.6 Å². The number of hydrogen-bond acceptors (Lipinski definition) is 5. The van der Waals surface area contributed by atoms with E-state index < -0.39 is 0 Å². The molecule has 3 aromatic heterocycles. The van der Waals surface area contributed by atoms with E-state index in [0.29, 0.717) is 17.5 Å². The number of hydrogen-bond donors (Lipinski definition) is 0. The molecule has 6 nitrogen and oxygen atoms in total. The summed E-state index contributed by atoms with van der Waals surface area (Å²) in [4.78, 5) is 12.9. The third kappa shape index (κ3) is 4.35. The van der Waals surface area contributed by atoms with E-state index in [-0.39, 0.29) is 5.78 Å². The van der Waals surface area contributed by atoms with Gasteiger partial charge in [-0.15, -0.1) is 10.2 Å². The second-order valence-corrected chi connectivity index (χ2v) is 7.83. The van der Waals surface area contributed by atoms with Crippen LogP contribution in [0.15, 0.2) is 70.7 Å². The predicted molar refractivity (Wildman–Crippen MR) is 112 cm³/mol. The molecule has 0 unspecified atom stereocenters. The maximum absolute atomic E-state index is 12.9. The highest BCUT2D eigenvalue weighted by Crippen LogP contribution is 2.22. The number of aryl methyl sites for hydroxylation is 1. The molecule has 0 aliphatic carbocycles. The molecule has 4 rings (SSSR count). The van der Waals surface area contributed by atoms with Gasteiger partial charge in [0.05, 0.1) is 18.6 Å². The van der Waals surface area contributed by atoms with Crippen LogP contribution < -0.4 is 0 Å². The van der Waals surface area contributed by atoms with Gasteiger partial charge in [0, 0.05) is 23.5 Å². The van der Waals surface area contributed by atoms with Gasteiger partial charge in [-0.1, -0.05) is 42.1 Å². The van der Waals surface area contributed by atoms with Crippen molar-refractivity contribution in [1.29, 1.82) is 0 Å². The highest BCUT2D eigenvalue weighted by atomic mass is 32.2. The van der Waals surface area contributed by atoms with Gasteiger partial charge in [0.15, 0.2) is 10.9 Å². The molecule has 0 bridgehead atoms. The molecular formula is C22H22N4O2S. The summed E-state index contributed by atoms with van der Waals surface area (Å²) in [5.41, 5.74) is 4.06. The van der Waals surface area contributed by atoms with Crippen LogP contribution >= 0.6 is 11.8 Å². The molecule has 0 fully saturated rings. The Balaban J connectivity index is 1.44. The van der Waals surface area contributed by atoms with Crippen molar-refractivity contribution in [3.8, 4) is 0 Å². The summed E-state index contributed by atoms with van der Waals surface area (Å²) < 4.78 is 9.45. The van der Waals surface area contributed by atoms with Crippen LogP contribution in [-0.4, -0.2) is 30.9 Å². The Morgan fingerprint density at radius 1 is 1.10 bits per heavy atom. The molecule has 0 radical (unpaired) electrons. The van der Waals surface area contributed by atoms with Crippen molar-refractivity contribution >= 4 is 17.5 Å². The lowest BCUT2D eigenvalue weighted by Crippen LogP contribution is -2.08. The molecule has 0 N–H and O–H groups in total. The average Bonchev–Trinajstić information content (AvgIpc) is 3.46. The summed E-state index contributed by atoms with van der Waals surface area (Å²) in [5.74, 6) is 1.23. The van der Waals surface area contributed by atoms with Crippen LogP contribution in [0.2, 0.25) is 0 Å². The minimum atomic E-state index is 0.0926. The van der Waals surface area contributed by atoms with Crippen LogP contribution in [0.25, 0.3) is 0 Å². The third-order valence-electron chi connectivity index (χ3n) is 4.88. The number of benzene rings is 1. The van der Waals surface area contributed by atoms with Gasteiger partial charge >= 0.3 is 0 Å². The maximum atomic E-state index is 12.9. The van der Waals surface area contributed by atoms with Crippen molar-refractivity contribution in [2.24, 2.45) is 0 Å². The Morgan fingerprint density at radius 2 is 1.93 bits per heavy atom. The molecule has 0 saturated heterocycles. The zero-order valence-electron chi connectivity index (χ0n) is 16.4. The fraction of sp³-hybridized carbons (Fsp3) is 0.227. The molecule has 0 aliphatic heterocycles.